The van der Waals surface area contributed by atoms with Crippen LogP contribution in [0.25, 0.3) is 0 Å². The molecule has 104 valence electrons. The van der Waals surface area contributed by atoms with Crippen molar-refractivity contribution in [2.75, 3.05) is 26.2 Å². The molecule has 18 heavy (non-hydrogen) atoms. The van der Waals surface area contributed by atoms with Gasteiger partial charge < -0.3 is 10.2 Å². The Morgan fingerprint density at radius 2 is 2.00 bits per heavy atom. The standard InChI is InChI=1S/C14H25BrN2S/c1-4-16-12(9-10-17(5-2)6-3)11-13-7-8-14(15)18-13/h7-8,12,16H,4-6,9-11H2,1-3H3. The third kappa shape index (κ3) is 5.83. The normalized spacial score (nSPS) is 13.2. The van der Waals surface area contributed by atoms with Crippen LogP contribution in [0.15, 0.2) is 15.9 Å². The van der Waals surface area contributed by atoms with Crippen molar-refractivity contribution >= 4 is 27.3 Å². The van der Waals surface area contributed by atoms with Gasteiger partial charge in [-0.2, -0.15) is 0 Å². The first-order chi connectivity index (χ1) is 8.69. The Labute approximate surface area is 124 Å². The molecule has 1 heterocycles. The van der Waals surface area contributed by atoms with E-state index < -0.39 is 0 Å². The zero-order chi connectivity index (χ0) is 13.4. The van der Waals surface area contributed by atoms with Gasteiger partial charge in [0.1, 0.15) is 0 Å². The van der Waals surface area contributed by atoms with Gasteiger partial charge in [0.15, 0.2) is 0 Å². The summed E-state index contributed by atoms with van der Waals surface area (Å²) < 4.78 is 1.23. The highest BCUT2D eigenvalue weighted by Gasteiger charge is 2.11. The molecule has 1 N–H and O–H groups in total. The average molecular weight is 333 g/mol. The lowest BCUT2D eigenvalue weighted by Crippen LogP contribution is -2.35. The van der Waals surface area contributed by atoms with Crippen LogP contribution < -0.4 is 5.32 Å². The molecule has 0 aliphatic heterocycles. The van der Waals surface area contributed by atoms with Crippen LogP contribution in [0, 0.1) is 0 Å². The van der Waals surface area contributed by atoms with E-state index in [1.165, 1.54) is 21.6 Å². The Morgan fingerprint density at radius 3 is 2.50 bits per heavy atom. The van der Waals surface area contributed by atoms with E-state index in [2.05, 4.69) is 59.1 Å². The number of thiophene rings is 1. The summed E-state index contributed by atoms with van der Waals surface area (Å²) in [6.45, 7) is 11.2. The topological polar surface area (TPSA) is 15.3 Å². The number of rotatable bonds is 9. The molecule has 0 aliphatic rings. The second-order valence-electron chi connectivity index (χ2n) is 4.48. The number of likely N-dealkylation sites (N-methyl/N-ethyl adjacent to an activating group) is 1. The first-order valence-corrected chi connectivity index (χ1v) is 8.50. The molecular weight excluding hydrogens is 308 g/mol. The number of nitrogens with one attached hydrogen (secondary N) is 1. The molecule has 0 saturated heterocycles. The predicted molar refractivity (Wildman–Crippen MR) is 85.6 cm³/mol. The molecule has 0 aliphatic carbocycles. The first-order valence-electron chi connectivity index (χ1n) is 6.89. The van der Waals surface area contributed by atoms with E-state index in [-0.39, 0.29) is 0 Å². The van der Waals surface area contributed by atoms with E-state index >= 15 is 0 Å². The van der Waals surface area contributed by atoms with E-state index in [4.69, 9.17) is 0 Å². The van der Waals surface area contributed by atoms with Crippen LogP contribution in [0.1, 0.15) is 32.1 Å². The summed E-state index contributed by atoms with van der Waals surface area (Å²) in [6, 6.07) is 4.98. The van der Waals surface area contributed by atoms with Crippen LogP contribution in [0.2, 0.25) is 0 Å². The average Bonchev–Trinajstić information content (AvgIpc) is 2.76. The lowest BCUT2D eigenvalue weighted by molar-refractivity contribution is 0.281. The van der Waals surface area contributed by atoms with Gasteiger partial charge in [-0.05, 0) is 67.1 Å². The van der Waals surface area contributed by atoms with Crippen molar-refractivity contribution in [1.82, 2.24) is 10.2 Å². The highest BCUT2D eigenvalue weighted by molar-refractivity contribution is 9.11. The van der Waals surface area contributed by atoms with E-state index in [0.29, 0.717) is 6.04 Å². The third-order valence-corrected chi connectivity index (χ3v) is 4.90. The molecule has 4 heteroatoms. The summed E-state index contributed by atoms with van der Waals surface area (Å²) in [5.74, 6) is 0. The van der Waals surface area contributed by atoms with E-state index in [1.807, 2.05) is 11.3 Å². The minimum Gasteiger partial charge on any atom is -0.314 e. The van der Waals surface area contributed by atoms with Crippen molar-refractivity contribution < 1.29 is 0 Å². The quantitative estimate of drug-likeness (QED) is 0.740. The smallest absolute Gasteiger partial charge is 0.0701 e. The van der Waals surface area contributed by atoms with E-state index in [1.54, 1.807) is 0 Å². The van der Waals surface area contributed by atoms with Gasteiger partial charge in [-0.1, -0.05) is 20.8 Å². The maximum absolute atomic E-state index is 3.61. The Morgan fingerprint density at radius 1 is 1.28 bits per heavy atom. The monoisotopic (exact) mass is 332 g/mol. The molecule has 1 unspecified atom stereocenters. The number of hydrogen-bond donors (Lipinski definition) is 1. The van der Waals surface area contributed by atoms with Gasteiger partial charge in [0.25, 0.3) is 0 Å². The van der Waals surface area contributed by atoms with Crippen molar-refractivity contribution in [3.8, 4) is 0 Å². The fourth-order valence-electron chi connectivity index (χ4n) is 2.15. The molecule has 0 amide bonds. The lowest BCUT2D eigenvalue weighted by atomic mass is 10.1. The molecule has 0 aromatic carbocycles. The van der Waals surface area contributed by atoms with Gasteiger partial charge in [-0.3, -0.25) is 0 Å². The van der Waals surface area contributed by atoms with Crippen molar-refractivity contribution in [3.63, 3.8) is 0 Å². The molecule has 1 atom stereocenters. The van der Waals surface area contributed by atoms with Crippen molar-refractivity contribution in [3.05, 3.63) is 20.8 Å². The first kappa shape index (κ1) is 16.2. The molecular formula is C14H25BrN2S. The fraction of sp³-hybridized carbons (Fsp3) is 0.714. The molecule has 0 bridgehead atoms. The van der Waals surface area contributed by atoms with Crippen LogP contribution in [-0.2, 0) is 6.42 Å². The molecule has 1 aromatic rings. The van der Waals surface area contributed by atoms with Crippen molar-refractivity contribution in [1.29, 1.82) is 0 Å². The van der Waals surface area contributed by atoms with Crippen LogP contribution in [0.5, 0.6) is 0 Å². The molecule has 1 aromatic heterocycles. The fourth-order valence-corrected chi connectivity index (χ4v) is 3.71. The molecule has 1 rings (SSSR count). The van der Waals surface area contributed by atoms with E-state index in [9.17, 15) is 0 Å². The second-order valence-corrected chi connectivity index (χ2v) is 7.03. The lowest BCUT2D eigenvalue weighted by Gasteiger charge is -2.23. The summed E-state index contributed by atoms with van der Waals surface area (Å²) in [4.78, 5) is 3.96. The summed E-state index contributed by atoms with van der Waals surface area (Å²) in [5.41, 5.74) is 0. The highest BCUT2D eigenvalue weighted by atomic mass is 79.9. The molecule has 0 spiro atoms. The highest BCUT2D eigenvalue weighted by Crippen LogP contribution is 2.23. The van der Waals surface area contributed by atoms with Crippen molar-refractivity contribution in [2.45, 2.75) is 39.7 Å². The van der Waals surface area contributed by atoms with Gasteiger partial charge in [0.2, 0.25) is 0 Å². The molecule has 0 radical (unpaired) electrons. The Kier molecular flexibility index (Phi) is 8.15. The molecule has 2 nitrogen and oxygen atoms in total. The minimum absolute atomic E-state index is 0.598. The number of halogens is 1. The number of nitrogens with zero attached hydrogens (tertiary/aromatic N) is 1. The SMILES string of the molecule is CCNC(CCN(CC)CC)Cc1ccc(Br)s1. The molecule has 0 saturated carbocycles. The second kappa shape index (κ2) is 9.08. The van der Waals surface area contributed by atoms with Crippen LogP contribution in [-0.4, -0.2) is 37.1 Å². The summed E-state index contributed by atoms with van der Waals surface area (Å²) in [6.07, 6.45) is 2.37. The van der Waals surface area contributed by atoms with Gasteiger partial charge >= 0.3 is 0 Å². The summed E-state index contributed by atoms with van der Waals surface area (Å²) in [5, 5.41) is 3.61. The van der Waals surface area contributed by atoms with Gasteiger partial charge in [0.05, 0.1) is 3.79 Å². The summed E-state index contributed by atoms with van der Waals surface area (Å²) >= 11 is 5.39. The van der Waals surface area contributed by atoms with Crippen LogP contribution >= 0.6 is 27.3 Å². The Hall–Kier alpha value is 0.1000. The van der Waals surface area contributed by atoms with Crippen molar-refractivity contribution in [2.24, 2.45) is 0 Å². The van der Waals surface area contributed by atoms with Crippen LogP contribution in [0.3, 0.4) is 0 Å². The zero-order valence-corrected chi connectivity index (χ0v) is 14.1. The zero-order valence-electron chi connectivity index (χ0n) is 11.7. The van der Waals surface area contributed by atoms with Gasteiger partial charge in [-0.15, -0.1) is 11.3 Å². The summed E-state index contributed by atoms with van der Waals surface area (Å²) in [7, 11) is 0. The third-order valence-electron chi connectivity index (χ3n) is 3.26. The van der Waals surface area contributed by atoms with Crippen LogP contribution in [0.4, 0.5) is 0 Å². The van der Waals surface area contributed by atoms with E-state index in [0.717, 1.165) is 26.1 Å². The predicted octanol–water partition coefficient (Wildman–Crippen LogP) is 3.76. The Balaban J connectivity index is 2.44. The minimum atomic E-state index is 0.598. The largest absolute Gasteiger partial charge is 0.314 e. The number of hydrogen-bond acceptors (Lipinski definition) is 3. The maximum atomic E-state index is 3.61. The van der Waals surface area contributed by atoms with Gasteiger partial charge in [0, 0.05) is 10.9 Å². The molecule has 0 fully saturated rings. The Bertz CT molecular complexity index is 323. The van der Waals surface area contributed by atoms with Gasteiger partial charge in [-0.25, -0.2) is 0 Å². The maximum Gasteiger partial charge on any atom is 0.0701 e.